The fourth-order valence-corrected chi connectivity index (χ4v) is 3.56. The topological polar surface area (TPSA) is 85.0 Å². The second-order valence-corrected chi connectivity index (χ2v) is 8.08. The molecule has 1 aliphatic rings. The van der Waals surface area contributed by atoms with Gasteiger partial charge in [0.15, 0.2) is 23.3 Å². The average molecular weight is 548 g/mol. The molecule has 1 atom stereocenters. The predicted octanol–water partition coefficient (Wildman–Crippen LogP) is 6.04. The molecule has 3 rings (SSSR count). The lowest BCUT2D eigenvalue weighted by Gasteiger charge is -2.15. The SMILES string of the molecule is CC[C@@H](C)Oc1c(Br)cc(/C=C2\C(=O)N(c3c(F)c(F)c(F)c(F)c3F)N=C2C)cc1[N+](=O)[O-]. The summed E-state index contributed by atoms with van der Waals surface area (Å²) in [7, 11) is 0. The van der Waals surface area contributed by atoms with Crippen molar-refractivity contribution in [1.29, 1.82) is 0 Å². The molecule has 7 nitrogen and oxygen atoms in total. The van der Waals surface area contributed by atoms with Crippen molar-refractivity contribution in [2.75, 3.05) is 5.01 Å². The van der Waals surface area contributed by atoms with Crippen molar-refractivity contribution in [3.63, 3.8) is 0 Å². The Morgan fingerprint density at radius 2 is 1.71 bits per heavy atom. The number of ether oxygens (including phenoxy) is 1. The van der Waals surface area contributed by atoms with Gasteiger partial charge >= 0.3 is 5.69 Å². The molecule has 0 spiro atoms. The molecule has 13 heteroatoms. The van der Waals surface area contributed by atoms with Crippen LogP contribution in [0.3, 0.4) is 0 Å². The number of halogens is 6. The monoisotopic (exact) mass is 547 g/mol. The molecule has 0 N–H and O–H groups in total. The molecule has 1 heterocycles. The van der Waals surface area contributed by atoms with E-state index in [0.717, 1.165) is 12.1 Å². The summed E-state index contributed by atoms with van der Waals surface area (Å²) in [6.45, 7) is 4.81. The number of anilines is 1. The highest BCUT2D eigenvalue weighted by Crippen LogP contribution is 2.39. The third-order valence-corrected chi connectivity index (χ3v) is 5.50. The second kappa shape index (κ2) is 9.49. The Bertz CT molecular complexity index is 1250. The van der Waals surface area contributed by atoms with Gasteiger partial charge in [-0.1, -0.05) is 6.92 Å². The summed E-state index contributed by atoms with van der Waals surface area (Å²) in [5.74, 6) is -12.5. The van der Waals surface area contributed by atoms with E-state index in [-0.39, 0.29) is 38.2 Å². The Balaban J connectivity index is 2.08. The molecule has 34 heavy (non-hydrogen) atoms. The highest BCUT2D eigenvalue weighted by molar-refractivity contribution is 9.10. The molecule has 0 unspecified atom stereocenters. The largest absolute Gasteiger partial charge is 0.483 e. The number of benzene rings is 2. The molecule has 1 aliphatic heterocycles. The molecular formula is C21H15BrF5N3O4. The maximum atomic E-state index is 14.2. The maximum absolute atomic E-state index is 14.2. The van der Waals surface area contributed by atoms with Gasteiger partial charge in [0.05, 0.1) is 26.8 Å². The summed E-state index contributed by atoms with van der Waals surface area (Å²) < 4.78 is 74.7. The molecule has 0 radical (unpaired) electrons. The third kappa shape index (κ3) is 4.39. The van der Waals surface area contributed by atoms with E-state index < -0.39 is 51.3 Å². The van der Waals surface area contributed by atoms with Crippen LogP contribution in [0, 0.1) is 39.2 Å². The van der Waals surface area contributed by atoms with Crippen molar-refractivity contribution in [3.05, 3.63) is 66.9 Å². The fraction of sp³-hybridized carbons (Fsp3) is 0.238. The van der Waals surface area contributed by atoms with E-state index in [0.29, 0.717) is 6.42 Å². The van der Waals surface area contributed by atoms with Crippen LogP contribution in [0.4, 0.5) is 33.3 Å². The second-order valence-electron chi connectivity index (χ2n) is 7.22. The fourth-order valence-electron chi connectivity index (χ4n) is 3.00. The van der Waals surface area contributed by atoms with Crippen molar-refractivity contribution in [2.24, 2.45) is 5.10 Å². The van der Waals surface area contributed by atoms with Crippen LogP contribution >= 0.6 is 15.9 Å². The number of nitro groups is 1. The number of hydrogen-bond donors (Lipinski definition) is 0. The van der Waals surface area contributed by atoms with Crippen molar-refractivity contribution >= 4 is 45.0 Å². The molecule has 0 fully saturated rings. The van der Waals surface area contributed by atoms with Gasteiger partial charge in [0.2, 0.25) is 11.6 Å². The van der Waals surface area contributed by atoms with E-state index in [9.17, 15) is 36.9 Å². The molecule has 2 aromatic carbocycles. The first-order valence-electron chi connectivity index (χ1n) is 9.66. The number of hydrogen-bond acceptors (Lipinski definition) is 5. The highest BCUT2D eigenvalue weighted by atomic mass is 79.9. The summed E-state index contributed by atoms with van der Waals surface area (Å²) in [6, 6.07) is 2.51. The zero-order chi connectivity index (χ0) is 25.5. The van der Waals surface area contributed by atoms with E-state index in [2.05, 4.69) is 21.0 Å². The number of rotatable bonds is 6. The summed E-state index contributed by atoms with van der Waals surface area (Å²) in [4.78, 5) is 23.7. The Morgan fingerprint density at radius 1 is 1.15 bits per heavy atom. The Hall–Kier alpha value is -3.35. The van der Waals surface area contributed by atoms with Gasteiger partial charge in [0.25, 0.3) is 5.91 Å². The predicted molar refractivity (Wildman–Crippen MR) is 116 cm³/mol. The van der Waals surface area contributed by atoms with Crippen LogP contribution in [0.15, 0.2) is 27.3 Å². The van der Waals surface area contributed by atoms with E-state index >= 15 is 0 Å². The van der Waals surface area contributed by atoms with Gasteiger partial charge in [-0.2, -0.15) is 10.1 Å². The first-order valence-corrected chi connectivity index (χ1v) is 10.5. The summed E-state index contributed by atoms with van der Waals surface area (Å²) in [6.07, 6.45) is 1.38. The van der Waals surface area contributed by atoms with Crippen LogP contribution in [0.2, 0.25) is 0 Å². The van der Waals surface area contributed by atoms with Gasteiger partial charge < -0.3 is 4.74 Å². The van der Waals surface area contributed by atoms with Gasteiger partial charge in [-0.15, -0.1) is 0 Å². The van der Waals surface area contributed by atoms with E-state index in [1.807, 2.05) is 6.92 Å². The lowest BCUT2D eigenvalue weighted by atomic mass is 10.1. The highest BCUT2D eigenvalue weighted by Gasteiger charge is 2.37. The quantitative estimate of drug-likeness (QED) is 0.110. The first kappa shape index (κ1) is 25.3. The van der Waals surface area contributed by atoms with Gasteiger partial charge in [-0.25, -0.2) is 22.0 Å². The van der Waals surface area contributed by atoms with Gasteiger partial charge in [-0.05, 0) is 53.9 Å². The van der Waals surface area contributed by atoms with Gasteiger partial charge in [0.1, 0.15) is 5.69 Å². The van der Waals surface area contributed by atoms with Crippen LogP contribution < -0.4 is 9.75 Å². The van der Waals surface area contributed by atoms with E-state index in [1.165, 1.54) is 13.0 Å². The van der Waals surface area contributed by atoms with Crippen molar-refractivity contribution in [1.82, 2.24) is 0 Å². The van der Waals surface area contributed by atoms with E-state index in [4.69, 9.17) is 4.74 Å². The minimum absolute atomic E-state index is 0.0346. The molecule has 0 bridgehead atoms. The third-order valence-electron chi connectivity index (χ3n) is 4.91. The normalized spacial score (nSPS) is 15.7. The van der Waals surface area contributed by atoms with Crippen LogP contribution in [0.1, 0.15) is 32.8 Å². The summed E-state index contributed by atoms with van der Waals surface area (Å²) in [5.41, 5.74) is -2.23. The summed E-state index contributed by atoms with van der Waals surface area (Å²) in [5, 5.41) is 15.2. The minimum Gasteiger partial charge on any atom is -0.483 e. The number of amides is 1. The smallest absolute Gasteiger partial charge is 0.312 e. The Labute approximate surface area is 197 Å². The molecule has 0 aliphatic carbocycles. The Kier molecular flexibility index (Phi) is 7.05. The molecule has 2 aromatic rings. The van der Waals surface area contributed by atoms with Crippen LogP contribution in [-0.4, -0.2) is 22.6 Å². The van der Waals surface area contributed by atoms with Crippen molar-refractivity contribution in [2.45, 2.75) is 33.3 Å². The Morgan fingerprint density at radius 3 is 2.24 bits per heavy atom. The van der Waals surface area contributed by atoms with Crippen LogP contribution in [0.5, 0.6) is 5.75 Å². The lowest BCUT2D eigenvalue weighted by Crippen LogP contribution is -2.25. The molecule has 180 valence electrons. The average Bonchev–Trinajstić information content (AvgIpc) is 3.05. The number of nitro benzene ring substituents is 1. The number of nitrogens with zero attached hydrogens (tertiary/aromatic N) is 3. The zero-order valence-corrected chi connectivity index (χ0v) is 19.3. The number of carbonyl (C=O) groups is 1. The van der Waals surface area contributed by atoms with Crippen molar-refractivity contribution in [3.8, 4) is 5.75 Å². The van der Waals surface area contributed by atoms with E-state index in [1.54, 1.807) is 6.92 Å². The first-order chi connectivity index (χ1) is 15.9. The van der Waals surface area contributed by atoms with Crippen LogP contribution in [0.25, 0.3) is 6.08 Å². The maximum Gasteiger partial charge on any atom is 0.312 e. The number of carbonyl (C=O) groups excluding carboxylic acids is 1. The minimum atomic E-state index is -2.38. The summed E-state index contributed by atoms with van der Waals surface area (Å²) >= 11 is 3.19. The molecule has 1 amide bonds. The van der Waals surface area contributed by atoms with Crippen LogP contribution in [-0.2, 0) is 4.79 Å². The molecule has 0 aromatic heterocycles. The standard InChI is InChI=1S/C21H15BrF5N3O4/c1-4-8(2)34-20-12(22)6-10(7-13(20)30(32)33)5-11-9(3)28-29(21(11)31)19-17(26)15(24)14(23)16(25)18(19)27/h5-8H,4H2,1-3H3/b11-5-/t8-/m1/s1. The zero-order valence-electron chi connectivity index (χ0n) is 17.8. The van der Waals surface area contributed by atoms with Gasteiger partial charge in [0, 0.05) is 6.07 Å². The molecular weight excluding hydrogens is 533 g/mol. The molecule has 0 saturated carbocycles. The van der Waals surface area contributed by atoms with Gasteiger partial charge in [-0.3, -0.25) is 14.9 Å². The number of hydrazone groups is 1. The molecule has 0 saturated heterocycles. The lowest BCUT2D eigenvalue weighted by molar-refractivity contribution is -0.386. The van der Waals surface area contributed by atoms with Crippen molar-refractivity contribution < 1.29 is 36.4 Å².